The number of terminal acetylenes is 1. The van der Waals surface area contributed by atoms with Crippen LogP contribution in [0.15, 0.2) is 42.5 Å². The molecule has 1 aromatic heterocycles. The Morgan fingerprint density at radius 1 is 1.25 bits per heavy atom. The van der Waals surface area contributed by atoms with Crippen molar-refractivity contribution in [1.82, 2.24) is 8.96 Å². The monoisotopic (exact) mass is 401 g/mol. The van der Waals surface area contributed by atoms with Crippen LogP contribution in [0.1, 0.15) is 31.4 Å². The maximum atomic E-state index is 13.3. The topological polar surface area (TPSA) is 98.2 Å². The summed E-state index contributed by atoms with van der Waals surface area (Å²) in [5.74, 6) is 1.82. The molecule has 6 nitrogen and oxygen atoms in total. The minimum atomic E-state index is -3.78. The molecule has 0 radical (unpaired) electrons. The zero-order chi connectivity index (χ0) is 20.7. The first-order valence-corrected chi connectivity index (χ1v) is 10.1. The van der Waals surface area contributed by atoms with Gasteiger partial charge in [-0.15, -0.1) is 12.3 Å². The second kappa shape index (κ2) is 6.93. The summed E-state index contributed by atoms with van der Waals surface area (Å²) in [6, 6.07) is 9.99. The van der Waals surface area contributed by atoms with Crippen LogP contribution in [0, 0.1) is 18.2 Å². The van der Waals surface area contributed by atoms with Crippen molar-refractivity contribution in [2.75, 3.05) is 5.73 Å². The van der Waals surface area contributed by atoms with E-state index in [2.05, 4.69) is 10.9 Å². The van der Waals surface area contributed by atoms with Gasteiger partial charge in [0, 0.05) is 6.42 Å². The Balaban J connectivity index is 2.28. The summed E-state index contributed by atoms with van der Waals surface area (Å²) in [7, 11) is -3.78. The molecule has 3 rings (SSSR count). The van der Waals surface area contributed by atoms with Gasteiger partial charge in [-0.2, -0.15) is 0 Å². The smallest absolute Gasteiger partial charge is 0.244 e. The van der Waals surface area contributed by atoms with Crippen molar-refractivity contribution in [3.63, 3.8) is 0 Å². The number of halogens is 1. The summed E-state index contributed by atoms with van der Waals surface area (Å²) in [6.07, 6.45) is 5.36. The SMILES string of the molecule is C#CCC(O)(c1ccc(F)cc1)c1ccc2nc(N)n(S(=O)(=O)C(C)C)c2c1. The van der Waals surface area contributed by atoms with Gasteiger partial charge in [0.05, 0.1) is 16.3 Å². The fourth-order valence-electron chi connectivity index (χ4n) is 3.05. The highest BCUT2D eigenvalue weighted by molar-refractivity contribution is 7.90. The number of aliphatic hydroxyl groups is 1. The van der Waals surface area contributed by atoms with Crippen LogP contribution in [0.3, 0.4) is 0 Å². The molecule has 0 amide bonds. The van der Waals surface area contributed by atoms with Crippen LogP contribution >= 0.6 is 0 Å². The van der Waals surface area contributed by atoms with E-state index in [0.717, 1.165) is 3.97 Å². The molecule has 0 aliphatic heterocycles. The quantitative estimate of drug-likeness (QED) is 0.641. The number of hydrogen-bond donors (Lipinski definition) is 2. The summed E-state index contributed by atoms with van der Waals surface area (Å²) in [6.45, 7) is 3.08. The average molecular weight is 401 g/mol. The van der Waals surface area contributed by atoms with Gasteiger partial charge in [0.1, 0.15) is 11.4 Å². The van der Waals surface area contributed by atoms with Crippen molar-refractivity contribution in [2.45, 2.75) is 31.1 Å². The van der Waals surface area contributed by atoms with E-state index < -0.39 is 26.7 Å². The van der Waals surface area contributed by atoms with Gasteiger partial charge >= 0.3 is 0 Å². The van der Waals surface area contributed by atoms with E-state index in [4.69, 9.17) is 12.2 Å². The zero-order valence-corrected chi connectivity index (χ0v) is 16.2. The van der Waals surface area contributed by atoms with Crippen LogP contribution in [0.2, 0.25) is 0 Å². The Hall–Kier alpha value is -2.89. The van der Waals surface area contributed by atoms with E-state index in [0.29, 0.717) is 16.6 Å². The Morgan fingerprint density at radius 2 is 1.86 bits per heavy atom. The summed E-state index contributed by atoms with van der Waals surface area (Å²) in [5, 5.41) is 10.6. The molecule has 3 N–H and O–H groups in total. The molecule has 0 saturated heterocycles. The van der Waals surface area contributed by atoms with E-state index in [-0.39, 0.29) is 17.9 Å². The normalized spacial score (nSPS) is 14.1. The van der Waals surface area contributed by atoms with E-state index in [1.165, 1.54) is 44.2 Å². The zero-order valence-electron chi connectivity index (χ0n) is 15.4. The van der Waals surface area contributed by atoms with E-state index in [9.17, 15) is 17.9 Å². The molecule has 0 aliphatic rings. The van der Waals surface area contributed by atoms with Crippen LogP contribution in [-0.2, 0) is 15.6 Å². The molecule has 8 heteroatoms. The van der Waals surface area contributed by atoms with Gasteiger partial charge in [0.25, 0.3) is 0 Å². The van der Waals surface area contributed by atoms with Gasteiger partial charge in [0.15, 0.2) is 0 Å². The van der Waals surface area contributed by atoms with E-state index in [1.807, 2.05) is 0 Å². The Morgan fingerprint density at radius 3 is 2.43 bits per heavy atom. The maximum Gasteiger partial charge on any atom is 0.244 e. The number of fused-ring (bicyclic) bond motifs is 1. The first-order valence-electron chi connectivity index (χ1n) is 8.56. The van der Waals surface area contributed by atoms with Crippen LogP contribution in [0.4, 0.5) is 10.3 Å². The first-order chi connectivity index (χ1) is 13.1. The van der Waals surface area contributed by atoms with Crippen molar-refractivity contribution >= 4 is 27.0 Å². The molecule has 0 spiro atoms. The number of nitrogens with zero attached hydrogens (tertiary/aromatic N) is 2. The van der Waals surface area contributed by atoms with Crippen molar-refractivity contribution in [1.29, 1.82) is 0 Å². The molecule has 1 atom stereocenters. The standard InChI is InChI=1S/C20H20FN3O3S/c1-4-11-20(25,14-5-8-16(21)9-6-14)15-7-10-17-18(12-15)24(19(22)23-17)28(26,27)13(2)3/h1,5-10,12-13,25H,11H2,2-3H3,(H2,22,23). The molecule has 1 unspecified atom stereocenters. The van der Waals surface area contributed by atoms with Crippen LogP contribution < -0.4 is 5.73 Å². The Labute approximate surface area is 162 Å². The molecule has 3 aromatic rings. The largest absolute Gasteiger partial charge is 0.379 e. The van der Waals surface area contributed by atoms with Gasteiger partial charge in [0.2, 0.25) is 16.0 Å². The fraction of sp³-hybridized carbons (Fsp3) is 0.250. The lowest BCUT2D eigenvalue weighted by Crippen LogP contribution is -2.27. The minimum absolute atomic E-state index is 0.0926. The molecular weight excluding hydrogens is 381 g/mol. The number of rotatable bonds is 5. The second-order valence-electron chi connectivity index (χ2n) is 6.78. The number of anilines is 1. The molecule has 0 saturated carbocycles. The summed E-state index contributed by atoms with van der Waals surface area (Å²) >= 11 is 0. The van der Waals surface area contributed by atoms with Gasteiger partial charge < -0.3 is 10.8 Å². The predicted molar refractivity (Wildman–Crippen MR) is 106 cm³/mol. The molecule has 0 bridgehead atoms. The number of hydrogen-bond acceptors (Lipinski definition) is 5. The number of imidazole rings is 1. The highest BCUT2D eigenvalue weighted by atomic mass is 32.2. The predicted octanol–water partition coefficient (Wildman–Crippen LogP) is 2.60. The second-order valence-corrected chi connectivity index (χ2v) is 9.12. The molecule has 146 valence electrons. The summed E-state index contributed by atoms with van der Waals surface area (Å²) < 4.78 is 39.7. The lowest BCUT2D eigenvalue weighted by molar-refractivity contribution is 0.0866. The number of aromatic nitrogens is 2. The van der Waals surface area contributed by atoms with Crippen molar-refractivity contribution in [3.05, 3.63) is 59.4 Å². The van der Waals surface area contributed by atoms with Crippen LogP contribution in [0.5, 0.6) is 0 Å². The Kier molecular flexibility index (Phi) is 4.91. The van der Waals surface area contributed by atoms with Crippen LogP contribution in [-0.4, -0.2) is 27.7 Å². The summed E-state index contributed by atoms with van der Waals surface area (Å²) in [5.41, 5.74) is 5.57. The van der Waals surface area contributed by atoms with Crippen molar-refractivity contribution in [2.24, 2.45) is 0 Å². The molecule has 0 fully saturated rings. The third-order valence-electron chi connectivity index (χ3n) is 4.64. The molecule has 0 aliphatic carbocycles. The molecule has 28 heavy (non-hydrogen) atoms. The van der Waals surface area contributed by atoms with Crippen molar-refractivity contribution in [3.8, 4) is 12.3 Å². The van der Waals surface area contributed by atoms with E-state index in [1.54, 1.807) is 12.1 Å². The highest BCUT2D eigenvalue weighted by Gasteiger charge is 2.32. The molecule has 1 heterocycles. The average Bonchev–Trinajstić information content (AvgIpc) is 2.97. The molecular formula is C20H20FN3O3S. The minimum Gasteiger partial charge on any atom is -0.379 e. The van der Waals surface area contributed by atoms with Crippen LogP contribution in [0.25, 0.3) is 11.0 Å². The number of benzene rings is 2. The number of nitrogen functional groups attached to an aromatic ring is 1. The fourth-order valence-corrected chi connectivity index (χ4v) is 4.20. The maximum absolute atomic E-state index is 13.3. The van der Waals surface area contributed by atoms with Gasteiger partial charge in [-0.05, 0) is 49.2 Å². The third kappa shape index (κ3) is 3.13. The molecule has 2 aromatic carbocycles. The summed E-state index contributed by atoms with van der Waals surface area (Å²) in [4.78, 5) is 4.11. The first kappa shape index (κ1) is 19.9. The van der Waals surface area contributed by atoms with Gasteiger partial charge in [-0.25, -0.2) is 21.8 Å². The lowest BCUT2D eigenvalue weighted by atomic mass is 9.83. The lowest BCUT2D eigenvalue weighted by Gasteiger charge is -2.27. The third-order valence-corrected chi connectivity index (χ3v) is 6.73. The Bertz CT molecular complexity index is 1180. The van der Waals surface area contributed by atoms with Gasteiger partial charge in [-0.1, -0.05) is 18.2 Å². The van der Waals surface area contributed by atoms with Crippen molar-refractivity contribution < 1.29 is 17.9 Å². The highest BCUT2D eigenvalue weighted by Crippen LogP contribution is 2.35. The number of nitrogens with two attached hydrogens (primary N) is 1. The van der Waals surface area contributed by atoms with Gasteiger partial charge in [-0.3, -0.25) is 0 Å². The van der Waals surface area contributed by atoms with E-state index >= 15 is 0 Å².